The molecule has 2 unspecified atom stereocenters. The molecule has 0 saturated carbocycles. The monoisotopic (exact) mass is 567 g/mol. The molecule has 2 atom stereocenters. The minimum Gasteiger partial charge on any atom is -0.481 e. The Morgan fingerprint density at radius 2 is 1.93 bits per heavy atom. The molecule has 6 rings (SSSR count). The number of aromatic nitrogens is 2. The van der Waals surface area contributed by atoms with Crippen molar-refractivity contribution in [3.05, 3.63) is 59.4 Å². The second-order valence-corrected chi connectivity index (χ2v) is 10.7. The number of likely N-dealkylation sites (tertiary alicyclic amines) is 1. The van der Waals surface area contributed by atoms with Crippen molar-refractivity contribution < 1.29 is 23.4 Å². The number of piperazine rings is 1. The Labute approximate surface area is 237 Å². The second kappa shape index (κ2) is 11.1. The predicted molar refractivity (Wildman–Crippen MR) is 150 cm³/mol. The molecule has 3 aliphatic rings. The number of carbonyl (C=O) groups excluding carboxylic acids is 1. The highest BCUT2D eigenvalue weighted by Crippen LogP contribution is 2.44. The maximum atomic E-state index is 13.4. The minimum atomic E-state index is -0.961. The lowest BCUT2D eigenvalue weighted by atomic mass is 10.0. The highest BCUT2D eigenvalue weighted by atomic mass is 35.5. The summed E-state index contributed by atoms with van der Waals surface area (Å²) in [6.07, 6.45) is 1.73. The third-order valence-corrected chi connectivity index (χ3v) is 8.15. The summed E-state index contributed by atoms with van der Waals surface area (Å²) in [5.41, 5.74) is 0.905. The lowest BCUT2D eigenvalue weighted by molar-refractivity contribution is -0.128. The average Bonchev–Trinajstić information content (AvgIpc) is 3.39. The molecule has 0 aliphatic carbocycles. The Bertz CT molecular complexity index is 1440. The minimum absolute atomic E-state index is 0.199. The first-order valence-electron chi connectivity index (χ1n) is 13.5. The van der Waals surface area contributed by atoms with Crippen LogP contribution in [-0.4, -0.2) is 84.7 Å². The van der Waals surface area contributed by atoms with Crippen molar-refractivity contribution in [3.63, 3.8) is 0 Å². The molecule has 11 heteroatoms. The normalized spacial score (nSPS) is 21.1. The molecule has 2 saturated heterocycles. The van der Waals surface area contributed by atoms with Crippen molar-refractivity contribution >= 4 is 34.1 Å². The number of halogens is 2. The van der Waals surface area contributed by atoms with E-state index < -0.39 is 17.8 Å². The van der Waals surface area contributed by atoms with Crippen LogP contribution in [0.5, 0.6) is 17.6 Å². The van der Waals surface area contributed by atoms with E-state index >= 15 is 0 Å². The van der Waals surface area contributed by atoms with Crippen molar-refractivity contribution in [1.82, 2.24) is 19.8 Å². The molecule has 9 nitrogen and oxygen atoms in total. The van der Waals surface area contributed by atoms with Gasteiger partial charge in [-0.05, 0) is 37.9 Å². The molecule has 2 aromatic carbocycles. The first-order chi connectivity index (χ1) is 19.4. The largest absolute Gasteiger partial charge is 0.481 e. The Morgan fingerprint density at radius 3 is 2.65 bits per heavy atom. The summed E-state index contributed by atoms with van der Waals surface area (Å²) in [5, 5.41) is 2.56. The molecule has 3 aliphatic heterocycles. The molecule has 40 heavy (non-hydrogen) atoms. The van der Waals surface area contributed by atoms with Gasteiger partial charge in [-0.25, -0.2) is 4.39 Å². The third-order valence-electron chi connectivity index (χ3n) is 7.84. The first kappa shape index (κ1) is 26.6. The van der Waals surface area contributed by atoms with E-state index in [1.165, 1.54) is 4.90 Å². The van der Waals surface area contributed by atoms with Crippen LogP contribution in [-0.2, 0) is 4.79 Å². The molecule has 0 radical (unpaired) electrons. The second-order valence-electron chi connectivity index (χ2n) is 10.3. The van der Waals surface area contributed by atoms with Crippen LogP contribution in [0.4, 0.5) is 10.2 Å². The van der Waals surface area contributed by atoms with Gasteiger partial charge in [0.05, 0.1) is 0 Å². The molecule has 3 aromatic rings. The van der Waals surface area contributed by atoms with Crippen LogP contribution in [0, 0.1) is 0 Å². The number of nitrogens with zero attached hydrogens (tertiary/aromatic N) is 5. The number of rotatable bonds is 6. The van der Waals surface area contributed by atoms with E-state index in [0.29, 0.717) is 49.4 Å². The number of hydrogen-bond acceptors (Lipinski definition) is 8. The van der Waals surface area contributed by atoms with E-state index in [-0.39, 0.29) is 24.5 Å². The van der Waals surface area contributed by atoms with E-state index in [0.717, 1.165) is 35.7 Å². The third kappa shape index (κ3) is 5.13. The standard InChI is InChI=1S/C29H31ClFN5O4/c1-18(31)28(37)36-14-12-35(13-15-36)26-25-27(33-29(32-26)39-16-20-8-5-11-34(20)2)40-23(17-38-25)21-9-3-6-19-7-4-10-22(30)24(19)21/h3-4,6-7,9-10,20,23H,1,5,8,11-17H2,2H3. The summed E-state index contributed by atoms with van der Waals surface area (Å²) in [4.78, 5) is 27.1. The van der Waals surface area contributed by atoms with Gasteiger partial charge in [-0.15, -0.1) is 0 Å². The maximum Gasteiger partial charge on any atom is 0.322 e. The van der Waals surface area contributed by atoms with E-state index in [1.807, 2.05) is 41.3 Å². The van der Waals surface area contributed by atoms with Crippen LogP contribution in [0.15, 0.2) is 48.8 Å². The quantitative estimate of drug-likeness (QED) is 0.406. The predicted octanol–water partition coefficient (Wildman–Crippen LogP) is 4.40. The molecule has 2 fully saturated rings. The average molecular weight is 568 g/mol. The topological polar surface area (TPSA) is 80.3 Å². The van der Waals surface area contributed by atoms with E-state index in [1.54, 1.807) is 0 Å². The SMILES string of the molecule is C=C(F)C(=O)N1CCN(c2nc(OCC3CCCN3C)nc3c2OCC(c2cccc4cccc(Cl)c24)O3)CC1. The number of ether oxygens (including phenoxy) is 3. The van der Waals surface area contributed by atoms with E-state index in [9.17, 15) is 9.18 Å². The maximum absolute atomic E-state index is 13.4. The van der Waals surface area contributed by atoms with Crippen LogP contribution >= 0.6 is 11.6 Å². The number of anilines is 1. The Balaban J connectivity index is 1.30. The number of fused-ring (bicyclic) bond motifs is 2. The summed E-state index contributed by atoms with van der Waals surface area (Å²) >= 11 is 6.59. The molecule has 0 spiro atoms. The van der Waals surface area contributed by atoms with Crippen LogP contribution in [0.2, 0.25) is 5.02 Å². The number of amides is 1. The highest BCUT2D eigenvalue weighted by Gasteiger charge is 2.34. The van der Waals surface area contributed by atoms with Gasteiger partial charge in [0.2, 0.25) is 5.75 Å². The van der Waals surface area contributed by atoms with E-state index in [4.69, 9.17) is 30.8 Å². The fraction of sp³-hybridized carbons (Fsp3) is 0.414. The molecule has 4 heterocycles. The lowest BCUT2D eigenvalue weighted by Gasteiger charge is -2.37. The van der Waals surface area contributed by atoms with Crippen LogP contribution in [0.1, 0.15) is 24.5 Å². The zero-order valence-electron chi connectivity index (χ0n) is 22.3. The Hall–Kier alpha value is -3.63. The van der Waals surface area contributed by atoms with Crippen LogP contribution in [0.25, 0.3) is 10.8 Å². The summed E-state index contributed by atoms with van der Waals surface area (Å²) < 4.78 is 32.3. The van der Waals surface area contributed by atoms with Gasteiger partial charge in [0, 0.05) is 48.2 Å². The molecular formula is C29H31ClFN5O4. The molecular weight excluding hydrogens is 537 g/mol. The zero-order chi connectivity index (χ0) is 27.8. The molecule has 210 valence electrons. The zero-order valence-corrected chi connectivity index (χ0v) is 23.1. The van der Waals surface area contributed by atoms with Crippen molar-refractivity contribution in [2.75, 3.05) is 57.9 Å². The van der Waals surface area contributed by atoms with Gasteiger partial charge >= 0.3 is 6.01 Å². The first-order valence-corrected chi connectivity index (χ1v) is 13.9. The van der Waals surface area contributed by atoms with E-state index in [2.05, 4.69) is 23.5 Å². The van der Waals surface area contributed by atoms with Crippen molar-refractivity contribution in [2.24, 2.45) is 0 Å². The molecule has 0 N–H and O–H groups in total. The van der Waals surface area contributed by atoms with Gasteiger partial charge in [-0.2, -0.15) is 9.97 Å². The van der Waals surface area contributed by atoms with Gasteiger partial charge in [0.1, 0.15) is 13.2 Å². The van der Waals surface area contributed by atoms with Gasteiger partial charge in [0.25, 0.3) is 11.8 Å². The van der Waals surface area contributed by atoms with Gasteiger partial charge < -0.3 is 28.9 Å². The number of carbonyl (C=O) groups is 1. The smallest absolute Gasteiger partial charge is 0.322 e. The number of likely N-dealkylation sites (N-methyl/N-ethyl adjacent to an activating group) is 1. The highest BCUT2D eigenvalue weighted by molar-refractivity contribution is 6.35. The summed E-state index contributed by atoms with van der Waals surface area (Å²) in [7, 11) is 2.09. The molecule has 1 amide bonds. The summed E-state index contributed by atoms with van der Waals surface area (Å²) in [6, 6.07) is 12.2. The van der Waals surface area contributed by atoms with Crippen molar-refractivity contribution in [3.8, 4) is 17.6 Å². The fourth-order valence-electron chi connectivity index (χ4n) is 5.61. The van der Waals surface area contributed by atoms with Crippen LogP contribution < -0.4 is 19.1 Å². The van der Waals surface area contributed by atoms with Gasteiger partial charge in [-0.3, -0.25) is 4.79 Å². The molecule has 1 aromatic heterocycles. The fourth-order valence-corrected chi connectivity index (χ4v) is 5.90. The van der Waals surface area contributed by atoms with Crippen molar-refractivity contribution in [2.45, 2.75) is 25.0 Å². The number of hydrogen-bond donors (Lipinski definition) is 0. The molecule has 0 bridgehead atoms. The summed E-state index contributed by atoms with van der Waals surface area (Å²) in [6.45, 7) is 6.36. The van der Waals surface area contributed by atoms with Crippen molar-refractivity contribution in [1.29, 1.82) is 0 Å². The lowest BCUT2D eigenvalue weighted by Crippen LogP contribution is -2.49. The Morgan fingerprint density at radius 1 is 1.15 bits per heavy atom. The summed E-state index contributed by atoms with van der Waals surface area (Å²) in [5.74, 6) is -0.416. The van der Waals surface area contributed by atoms with Gasteiger partial charge in [0.15, 0.2) is 17.7 Å². The number of benzene rings is 2. The Kier molecular flexibility index (Phi) is 7.37. The van der Waals surface area contributed by atoms with Gasteiger partial charge in [-0.1, -0.05) is 48.5 Å². The van der Waals surface area contributed by atoms with Crippen LogP contribution in [0.3, 0.4) is 0 Å².